The maximum Gasteiger partial charge on any atom is 0.166 e. The van der Waals surface area contributed by atoms with Crippen LogP contribution in [0.25, 0.3) is 61.7 Å². The topological polar surface area (TPSA) is 43.6 Å². The van der Waals surface area contributed by atoms with E-state index in [4.69, 9.17) is 34.8 Å². The van der Waals surface area contributed by atoms with Crippen LogP contribution in [0.5, 0.6) is 0 Å². The van der Waals surface area contributed by atoms with Crippen LogP contribution < -0.4 is 0 Å². The Morgan fingerprint density at radius 1 is 0.553 bits per heavy atom. The molecule has 0 N–H and O–H groups in total. The first kappa shape index (κ1) is 16.8. The molecule has 2 heterocycles. The van der Waals surface area contributed by atoms with Crippen molar-refractivity contribution in [2.75, 3.05) is 0 Å². The summed E-state index contributed by atoms with van der Waals surface area (Å²) < 4.78 is 53.5. The van der Waals surface area contributed by atoms with Crippen LogP contribution in [0.4, 0.5) is 0 Å². The zero-order valence-corrected chi connectivity index (χ0v) is 20.6. The summed E-state index contributed by atoms with van der Waals surface area (Å²) in [6, 6.07) is 25.8. The van der Waals surface area contributed by atoms with Crippen molar-refractivity contribution in [2.24, 2.45) is 0 Å². The van der Waals surface area contributed by atoms with Crippen LogP contribution in [0.3, 0.4) is 0 Å². The Bertz CT molecular complexity index is 2130. The van der Waals surface area contributed by atoms with Gasteiger partial charge in [0.2, 0.25) is 0 Å². The Balaban J connectivity index is 1.63. The van der Waals surface area contributed by atoms with Crippen LogP contribution in [0.15, 0.2) is 127 Å². The summed E-state index contributed by atoms with van der Waals surface area (Å²) in [6.07, 6.45) is 0. The number of fused-ring (bicyclic) bond motifs is 3. The Morgan fingerprint density at radius 2 is 1.08 bits per heavy atom. The Morgan fingerprint density at radius 3 is 1.63 bits per heavy atom. The summed E-state index contributed by atoms with van der Waals surface area (Å²) in [5.41, 5.74) is 2.76. The molecule has 0 aliphatic rings. The van der Waals surface area contributed by atoms with Gasteiger partial charge in [0, 0.05) is 27.5 Å². The van der Waals surface area contributed by atoms with E-state index in [1.807, 2.05) is 60.7 Å². The lowest BCUT2D eigenvalue weighted by Gasteiger charge is -2.16. The van der Waals surface area contributed by atoms with Crippen LogP contribution >= 0.6 is 11.6 Å². The van der Waals surface area contributed by atoms with Crippen LogP contribution in [-0.4, -0.2) is 19.5 Å². The van der Waals surface area contributed by atoms with Gasteiger partial charge in [0.05, 0.1) is 30.0 Å². The predicted molar refractivity (Wildman–Crippen MR) is 155 cm³/mol. The molecule has 0 bridgehead atoms. The van der Waals surface area contributed by atoms with Crippen molar-refractivity contribution in [3.63, 3.8) is 0 Å². The van der Waals surface area contributed by atoms with E-state index in [1.165, 1.54) is 12.1 Å². The summed E-state index contributed by atoms with van der Waals surface area (Å²) in [4.78, 5) is 14.5. The number of halogens is 1. The summed E-state index contributed by atoms with van der Waals surface area (Å²) in [5, 5.41) is 0.536. The van der Waals surface area contributed by atoms with E-state index in [0.29, 0.717) is 22.9 Å². The highest BCUT2D eigenvalue weighted by Gasteiger charge is 2.21. The molecule has 0 saturated carbocycles. The van der Waals surface area contributed by atoms with Gasteiger partial charge in [-0.2, -0.15) is 0 Å². The molecule has 2 aromatic heterocycles. The van der Waals surface area contributed by atoms with Gasteiger partial charge in [-0.05, 0) is 24.2 Å². The van der Waals surface area contributed by atoms with Gasteiger partial charge >= 0.3 is 0 Å². The van der Waals surface area contributed by atoms with Crippen molar-refractivity contribution in [3.8, 4) is 39.9 Å². The zero-order chi connectivity index (χ0) is 30.7. The number of hydrogen-bond acceptors (Lipinski definition) is 3. The first-order valence-corrected chi connectivity index (χ1v) is 12.3. The van der Waals surface area contributed by atoms with E-state index in [-0.39, 0.29) is 68.9 Å². The average Bonchev–Trinajstić information content (AvgIpc) is 3.40. The molecule has 7 aromatic rings. The third-order valence-corrected chi connectivity index (χ3v) is 6.58. The summed E-state index contributed by atoms with van der Waals surface area (Å²) in [5.74, 6) is 1.16. The van der Waals surface area contributed by atoms with E-state index in [1.54, 1.807) is 22.8 Å². The fourth-order valence-corrected chi connectivity index (χ4v) is 4.85. The minimum Gasteiger partial charge on any atom is -0.307 e. The van der Waals surface area contributed by atoms with Crippen molar-refractivity contribution in [2.45, 2.75) is 0 Å². The molecule has 0 aliphatic carbocycles. The summed E-state index contributed by atoms with van der Waals surface area (Å²) in [6.45, 7) is 0. The second kappa shape index (κ2) is 9.25. The highest BCUT2D eigenvalue weighted by atomic mass is 35.5. The quantitative estimate of drug-likeness (QED) is 0.236. The highest BCUT2D eigenvalue weighted by molar-refractivity contribution is 6.33. The molecule has 0 radical (unpaired) electrons. The van der Waals surface area contributed by atoms with Crippen molar-refractivity contribution in [1.82, 2.24) is 19.5 Å². The minimum absolute atomic E-state index is 0.0843. The number of nitrogens with zero attached hydrogens (tertiary/aromatic N) is 4. The van der Waals surface area contributed by atoms with Crippen molar-refractivity contribution < 1.29 is 8.22 Å². The van der Waals surface area contributed by atoms with E-state index < -0.39 is 0 Å². The summed E-state index contributed by atoms with van der Waals surface area (Å²) >= 11 is 6.95. The van der Waals surface area contributed by atoms with Gasteiger partial charge in [-0.25, -0.2) is 15.0 Å². The highest BCUT2D eigenvalue weighted by Crippen LogP contribution is 2.39. The molecule has 0 unspecified atom stereocenters. The molecule has 5 aromatic carbocycles. The Hall–Kier alpha value is -4.80. The van der Waals surface area contributed by atoms with Crippen molar-refractivity contribution in [1.29, 1.82) is 0 Å². The molecule has 0 fully saturated rings. The normalized spacial score (nSPS) is 13.5. The van der Waals surface area contributed by atoms with Gasteiger partial charge in [-0.3, -0.25) is 0 Å². The van der Waals surface area contributed by atoms with Gasteiger partial charge in [0.25, 0.3) is 0 Å². The maximum atomic E-state index is 8.88. The lowest BCUT2D eigenvalue weighted by Crippen LogP contribution is -2.04. The molecule has 0 spiro atoms. The molecule has 5 heteroatoms. The van der Waals surface area contributed by atoms with Gasteiger partial charge < -0.3 is 4.57 Å². The van der Waals surface area contributed by atoms with E-state index in [9.17, 15) is 0 Å². The lowest BCUT2D eigenvalue weighted by molar-refractivity contribution is 1.06. The van der Waals surface area contributed by atoms with Gasteiger partial charge in [0.15, 0.2) is 17.5 Å². The monoisotopic (exact) mass is 514 g/mol. The second-order valence-electron chi connectivity index (χ2n) is 8.57. The standard InChI is InChI=1S/C33H21ClN4/c34-27-19-11-18-26(30(27)38-28-20-9-7-16-24(28)25-17-8-10-21-29(25)38)33-36-31(22-12-3-1-4-13-22)35-32(37-33)23-14-5-2-6-15-23/h1-21H/i7D,8D,16D,17D,20D,21D. The number of para-hydroxylation sites is 3. The van der Waals surface area contributed by atoms with E-state index >= 15 is 0 Å². The van der Waals surface area contributed by atoms with Gasteiger partial charge in [0.1, 0.15) is 0 Å². The van der Waals surface area contributed by atoms with Gasteiger partial charge in [-0.15, -0.1) is 0 Å². The predicted octanol–water partition coefficient (Wildman–Crippen LogP) is 8.62. The largest absolute Gasteiger partial charge is 0.307 e. The lowest BCUT2D eigenvalue weighted by atomic mass is 10.1. The Labute approximate surface area is 233 Å². The molecule has 4 nitrogen and oxygen atoms in total. The fraction of sp³-hybridized carbons (Fsp3) is 0. The Kier molecular flexibility index (Phi) is 4.10. The minimum atomic E-state index is -0.204. The number of aromatic nitrogens is 4. The zero-order valence-electron chi connectivity index (χ0n) is 25.8. The van der Waals surface area contributed by atoms with E-state index in [0.717, 1.165) is 11.1 Å². The second-order valence-corrected chi connectivity index (χ2v) is 8.98. The van der Waals surface area contributed by atoms with Crippen molar-refractivity contribution >= 4 is 33.4 Å². The molecular weight excluding hydrogens is 488 g/mol. The molecule has 7 rings (SSSR count). The molecule has 180 valence electrons. The van der Waals surface area contributed by atoms with Crippen LogP contribution in [-0.2, 0) is 0 Å². The van der Waals surface area contributed by atoms with Crippen molar-refractivity contribution in [3.05, 3.63) is 132 Å². The fourth-order valence-electron chi connectivity index (χ4n) is 4.59. The van der Waals surface area contributed by atoms with Gasteiger partial charge in [-0.1, -0.05) is 115 Å². The molecule has 38 heavy (non-hydrogen) atoms. The maximum absolute atomic E-state index is 8.88. The molecule has 0 aliphatic heterocycles. The first-order chi connectivity index (χ1) is 21.2. The SMILES string of the molecule is [2H]c1cc([2H])c2c(c1[2H])c1c([2H])c([2H])cc([2H])c1n2-c1c(Cl)cccc1-c1nc(-c2ccccc2)nc(-c2ccccc2)n1. The average molecular weight is 515 g/mol. The van der Waals surface area contributed by atoms with Crippen LogP contribution in [0.1, 0.15) is 8.22 Å². The van der Waals surface area contributed by atoms with Crippen LogP contribution in [0, 0.1) is 0 Å². The van der Waals surface area contributed by atoms with E-state index in [2.05, 4.69) is 0 Å². The first-order valence-electron chi connectivity index (χ1n) is 14.9. The molecule has 0 atom stereocenters. The molecule has 0 saturated heterocycles. The third-order valence-electron chi connectivity index (χ3n) is 6.28. The summed E-state index contributed by atoms with van der Waals surface area (Å²) in [7, 11) is 0. The molecular formula is C33H21ClN4. The smallest absolute Gasteiger partial charge is 0.166 e. The number of hydrogen-bond donors (Lipinski definition) is 0. The van der Waals surface area contributed by atoms with Crippen LogP contribution in [0.2, 0.25) is 5.02 Å². The molecule has 0 amide bonds. The number of benzene rings is 5. The number of rotatable bonds is 4. The third kappa shape index (κ3) is 3.74.